The Hall–Kier alpha value is -2.46. The number of nitro benzene ring substituents is 1. The molecule has 2 rings (SSSR count). The van der Waals surface area contributed by atoms with Crippen molar-refractivity contribution < 1.29 is 9.72 Å². The highest BCUT2D eigenvalue weighted by Gasteiger charge is 2.09. The van der Waals surface area contributed by atoms with Gasteiger partial charge in [-0.15, -0.1) is 0 Å². The van der Waals surface area contributed by atoms with Gasteiger partial charge in [0.2, 0.25) is 0 Å². The average molecular weight is 302 g/mol. The van der Waals surface area contributed by atoms with Crippen molar-refractivity contribution >= 4 is 29.1 Å². The Labute approximate surface area is 126 Å². The lowest BCUT2D eigenvalue weighted by molar-refractivity contribution is -0.384. The van der Waals surface area contributed by atoms with Crippen LogP contribution in [0.5, 0.6) is 0 Å². The number of non-ortho nitro benzene ring substituents is 1. The topological polar surface area (TPSA) is 60.2 Å². The molecular formula is C16H12ClNO3. The summed E-state index contributed by atoms with van der Waals surface area (Å²) >= 11 is 5.79. The maximum Gasteiger partial charge on any atom is 0.269 e. The second kappa shape index (κ2) is 6.33. The Kier molecular flexibility index (Phi) is 4.50. The molecule has 2 aromatic carbocycles. The fraction of sp³-hybridized carbons (Fsp3) is 0.0625. The summed E-state index contributed by atoms with van der Waals surface area (Å²) in [6.45, 7) is 1.71. The molecule has 0 N–H and O–H groups in total. The van der Waals surface area contributed by atoms with Gasteiger partial charge in [0.15, 0.2) is 5.78 Å². The molecule has 0 amide bonds. The second-order valence-electron chi connectivity index (χ2n) is 4.51. The molecule has 0 aromatic heterocycles. The Balaban J connectivity index is 2.21. The number of nitro groups is 1. The Morgan fingerprint density at radius 1 is 1.10 bits per heavy atom. The number of ketones is 1. The van der Waals surface area contributed by atoms with Crippen LogP contribution >= 0.6 is 11.6 Å². The fourth-order valence-electron chi connectivity index (χ4n) is 1.84. The van der Waals surface area contributed by atoms with E-state index < -0.39 is 4.92 Å². The third-order valence-corrected chi connectivity index (χ3v) is 3.20. The second-order valence-corrected chi connectivity index (χ2v) is 4.95. The number of benzene rings is 2. The van der Waals surface area contributed by atoms with Gasteiger partial charge in [0.25, 0.3) is 5.69 Å². The molecule has 0 aliphatic rings. The van der Waals surface area contributed by atoms with Crippen molar-refractivity contribution in [3.8, 4) is 0 Å². The van der Waals surface area contributed by atoms with Gasteiger partial charge in [-0.05, 0) is 60.5 Å². The summed E-state index contributed by atoms with van der Waals surface area (Å²) in [4.78, 5) is 22.3. The number of rotatable bonds is 4. The first kappa shape index (κ1) is 14.9. The van der Waals surface area contributed by atoms with Crippen molar-refractivity contribution in [3.05, 3.63) is 80.4 Å². The van der Waals surface area contributed by atoms with Gasteiger partial charge >= 0.3 is 0 Å². The van der Waals surface area contributed by atoms with Gasteiger partial charge in [0.05, 0.1) is 4.92 Å². The van der Waals surface area contributed by atoms with Crippen molar-refractivity contribution in [1.82, 2.24) is 0 Å². The van der Waals surface area contributed by atoms with Crippen LogP contribution in [0.2, 0.25) is 5.02 Å². The summed E-state index contributed by atoms with van der Waals surface area (Å²) in [5.41, 5.74) is 1.86. The molecule has 5 heteroatoms. The quantitative estimate of drug-likeness (QED) is 0.360. The lowest BCUT2D eigenvalue weighted by atomic mass is 10.0. The van der Waals surface area contributed by atoms with E-state index in [0.717, 1.165) is 5.56 Å². The Morgan fingerprint density at radius 2 is 1.67 bits per heavy atom. The molecule has 0 fully saturated rings. The summed E-state index contributed by atoms with van der Waals surface area (Å²) in [5, 5.41) is 11.2. The van der Waals surface area contributed by atoms with Crippen molar-refractivity contribution in [2.45, 2.75) is 6.92 Å². The number of nitrogens with zero attached hydrogens (tertiary/aromatic N) is 1. The SMILES string of the molecule is C/C(=C/c1ccc([N+](=O)[O-])cc1)C(=O)c1ccc(Cl)cc1. The molecule has 0 heterocycles. The van der Waals surface area contributed by atoms with Gasteiger partial charge < -0.3 is 0 Å². The first-order valence-electron chi connectivity index (χ1n) is 6.20. The first-order valence-corrected chi connectivity index (χ1v) is 6.58. The zero-order chi connectivity index (χ0) is 15.4. The summed E-state index contributed by atoms with van der Waals surface area (Å²) in [5.74, 6) is -0.106. The average Bonchev–Trinajstić information content (AvgIpc) is 2.47. The van der Waals surface area contributed by atoms with E-state index in [9.17, 15) is 14.9 Å². The summed E-state index contributed by atoms with van der Waals surface area (Å²) in [6.07, 6.45) is 1.70. The number of allylic oxidation sites excluding steroid dienone is 1. The van der Waals surface area contributed by atoms with Gasteiger partial charge in [-0.1, -0.05) is 11.6 Å². The predicted octanol–water partition coefficient (Wildman–Crippen LogP) is 4.53. The van der Waals surface area contributed by atoms with Gasteiger partial charge in [0, 0.05) is 22.7 Å². The molecule has 0 spiro atoms. The molecule has 0 bridgehead atoms. The van der Waals surface area contributed by atoms with E-state index in [1.165, 1.54) is 12.1 Å². The van der Waals surface area contributed by atoms with E-state index >= 15 is 0 Å². The third kappa shape index (κ3) is 3.77. The van der Waals surface area contributed by atoms with Crippen LogP contribution in [0.1, 0.15) is 22.8 Å². The van der Waals surface area contributed by atoms with Gasteiger partial charge in [-0.2, -0.15) is 0 Å². The normalized spacial score (nSPS) is 11.2. The van der Waals surface area contributed by atoms with E-state index in [1.807, 2.05) is 0 Å². The van der Waals surface area contributed by atoms with E-state index in [-0.39, 0.29) is 11.5 Å². The predicted molar refractivity (Wildman–Crippen MR) is 82.5 cm³/mol. The van der Waals surface area contributed by atoms with E-state index in [0.29, 0.717) is 16.2 Å². The Bertz CT molecular complexity index is 703. The zero-order valence-electron chi connectivity index (χ0n) is 11.2. The molecule has 0 aliphatic carbocycles. The van der Waals surface area contributed by atoms with Crippen molar-refractivity contribution in [2.75, 3.05) is 0 Å². The molecule has 106 valence electrons. The molecule has 0 atom stereocenters. The van der Waals surface area contributed by atoms with E-state index in [1.54, 1.807) is 49.4 Å². The number of halogens is 1. The number of carbonyl (C=O) groups is 1. The molecule has 0 radical (unpaired) electrons. The minimum Gasteiger partial charge on any atom is -0.289 e. The van der Waals surface area contributed by atoms with Crippen LogP contribution in [0.25, 0.3) is 6.08 Å². The smallest absolute Gasteiger partial charge is 0.269 e. The zero-order valence-corrected chi connectivity index (χ0v) is 12.0. The minimum atomic E-state index is -0.459. The highest BCUT2D eigenvalue weighted by molar-refractivity contribution is 6.30. The number of hydrogen-bond acceptors (Lipinski definition) is 3. The van der Waals surface area contributed by atoms with Gasteiger partial charge in [-0.3, -0.25) is 14.9 Å². The lowest BCUT2D eigenvalue weighted by Gasteiger charge is -2.02. The largest absolute Gasteiger partial charge is 0.289 e. The van der Waals surface area contributed by atoms with E-state index in [2.05, 4.69) is 0 Å². The molecular weight excluding hydrogens is 290 g/mol. The summed E-state index contributed by atoms with van der Waals surface area (Å²) in [7, 11) is 0. The Morgan fingerprint density at radius 3 is 2.19 bits per heavy atom. The van der Waals surface area contributed by atoms with Crippen LogP contribution in [0.4, 0.5) is 5.69 Å². The molecule has 0 aliphatic heterocycles. The van der Waals surface area contributed by atoms with Crippen LogP contribution in [0, 0.1) is 10.1 Å². The van der Waals surface area contributed by atoms with Crippen LogP contribution < -0.4 is 0 Å². The maximum atomic E-state index is 12.2. The monoisotopic (exact) mass is 301 g/mol. The number of Topliss-reactive ketones (excluding diaryl/α,β-unsaturated/α-hetero) is 1. The van der Waals surface area contributed by atoms with Crippen molar-refractivity contribution in [3.63, 3.8) is 0 Å². The number of carbonyl (C=O) groups excluding carboxylic acids is 1. The first-order chi connectivity index (χ1) is 9.97. The fourth-order valence-corrected chi connectivity index (χ4v) is 1.96. The van der Waals surface area contributed by atoms with Crippen LogP contribution in [0.3, 0.4) is 0 Å². The maximum absolute atomic E-state index is 12.2. The third-order valence-electron chi connectivity index (χ3n) is 2.95. The summed E-state index contributed by atoms with van der Waals surface area (Å²) < 4.78 is 0. The number of hydrogen-bond donors (Lipinski definition) is 0. The van der Waals surface area contributed by atoms with Crippen molar-refractivity contribution in [2.24, 2.45) is 0 Å². The molecule has 0 unspecified atom stereocenters. The van der Waals surface area contributed by atoms with Crippen molar-refractivity contribution in [1.29, 1.82) is 0 Å². The summed E-state index contributed by atoms with van der Waals surface area (Å²) in [6, 6.07) is 12.7. The van der Waals surface area contributed by atoms with Crippen LogP contribution in [-0.4, -0.2) is 10.7 Å². The van der Waals surface area contributed by atoms with E-state index in [4.69, 9.17) is 11.6 Å². The lowest BCUT2D eigenvalue weighted by Crippen LogP contribution is -2.00. The van der Waals surface area contributed by atoms with Crippen LogP contribution in [0.15, 0.2) is 54.1 Å². The van der Waals surface area contributed by atoms with Crippen LogP contribution in [-0.2, 0) is 0 Å². The minimum absolute atomic E-state index is 0.0221. The molecule has 0 saturated carbocycles. The van der Waals surface area contributed by atoms with Gasteiger partial charge in [0.1, 0.15) is 0 Å². The molecule has 2 aromatic rings. The highest BCUT2D eigenvalue weighted by atomic mass is 35.5. The molecule has 4 nitrogen and oxygen atoms in total. The standard InChI is InChI=1S/C16H12ClNO3/c1-11(16(19)13-4-6-14(17)7-5-13)10-12-2-8-15(9-3-12)18(20)21/h2-10H,1H3/b11-10-. The highest BCUT2D eigenvalue weighted by Crippen LogP contribution is 2.17. The molecule has 0 saturated heterocycles. The van der Waals surface area contributed by atoms with Gasteiger partial charge in [-0.25, -0.2) is 0 Å². The molecule has 21 heavy (non-hydrogen) atoms.